The zero-order valence-electron chi connectivity index (χ0n) is 19.2. The molecule has 4 heterocycles. The maximum absolute atomic E-state index is 15.4. The molecule has 2 aliphatic rings. The molecule has 184 valence electrons. The van der Waals surface area contributed by atoms with E-state index >= 15 is 4.39 Å². The van der Waals surface area contributed by atoms with Crippen molar-refractivity contribution in [3.63, 3.8) is 0 Å². The van der Waals surface area contributed by atoms with Gasteiger partial charge in [0.05, 0.1) is 29.4 Å². The zero-order chi connectivity index (χ0) is 25.1. The molecule has 0 radical (unpaired) electrons. The molecule has 0 atom stereocenters. The molecule has 0 spiro atoms. The quantitative estimate of drug-likeness (QED) is 0.464. The molecule has 10 nitrogen and oxygen atoms in total. The third-order valence-electron chi connectivity index (χ3n) is 6.70. The molecule has 35 heavy (non-hydrogen) atoms. The summed E-state index contributed by atoms with van der Waals surface area (Å²) >= 11 is 0. The van der Waals surface area contributed by atoms with Crippen LogP contribution < -0.4 is 16.0 Å². The van der Waals surface area contributed by atoms with Crippen LogP contribution in [0.2, 0.25) is 0 Å². The molecule has 1 aromatic carbocycles. The van der Waals surface area contributed by atoms with Gasteiger partial charge in [0.15, 0.2) is 5.82 Å². The number of halogens is 1. The molecule has 0 aliphatic carbocycles. The molecule has 1 fully saturated rings. The Kier molecular flexibility index (Phi) is 5.52. The topological polar surface area (TPSA) is 142 Å². The average Bonchev–Trinajstić information content (AvgIpc) is 2.77. The maximum atomic E-state index is 15.4. The third-order valence-corrected chi connectivity index (χ3v) is 7.94. The van der Waals surface area contributed by atoms with Gasteiger partial charge >= 0.3 is 6.09 Å². The molecule has 4 N–H and O–H groups in total. The van der Waals surface area contributed by atoms with E-state index in [0.717, 1.165) is 47.5 Å². The SMILES string of the molecule is Cc1c(-c2cc3cc(N(C(=O)O)C4CN(S(C)(=O)=O)C4)ncc3c(N)c2F)cnc2c1NCCC2. The van der Waals surface area contributed by atoms with E-state index in [4.69, 9.17) is 5.73 Å². The fraction of sp³-hybridized carbons (Fsp3) is 0.348. The van der Waals surface area contributed by atoms with Crippen LogP contribution in [-0.4, -0.2) is 65.8 Å². The third kappa shape index (κ3) is 3.92. The highest BCUT2D eigenvalue weighted by atomic mass is 32.2. The van der Waals surface area contributed by atoms with E-state index in [-0.39, 0.29) is 30.2 Å². The number of nitrogen functional groups attached to an aromatic ring is 1. The number of aromatic nitrogens is 2. The summed E-state index contributed by atoms with van der Waals surface area (Å²) < 4.78 is 40.0. The Morgan fingerprint density at radius 2 is 2.00 bits per heavy atom. The van der Waals surface area contributed by atoms with Gasteiger partial charge in [-0.3, -0.25) is 9.88 Å². The fourth-order valence-electron chi connectivity index (χ4n) is 4.73. The Hall–Kier alpha value is -3.51. The first kappa shape index (κ1) is 23.2. The van der Waals surface area contributed by atoms with Crippen LogP contribution in [0.5, 0.6) is 0 Å². The summed E-state index contributed by atoms with van der Waals surface area (Å²) in [4.78, 5) is 21.8. The largest absolute Gasteiger partial charge is 0.465 e. The van der Waals surface area contributed by atoms with E-state index in [1.807, 2.05) is 6.92 Å². The number of nitrogens with two attached hydrogens (primary N) is 1. The van der Waals surface area contributed by atoms with Crippen molar-refractivity contribution in [1.82, 2.24) is 14.3 Å². The van der Waals surface area contributed by atoms with Crippen molar-refractivity contribution in [3.8, 4) is 11.1 Å². The molecule has 2 aliphatic heterocycles. The van der Waals surface area contributed by atoms with Crippen molar-refractivity contribution < 1.29 is 22.7 Å². The lowest BCUT2D eigenvalue weighted by Gasteiger charge is -2.42. The average molecular weight is 501 g/mol. The van der Waals surface area contributed by atoms with Crippen molar-refractivity contribution >= 4 is 44.1 Å². The predicted molar refractivity (Wildman–Crippen MR) is 132 cm³/mol. The van der Waals surface area contributed by atoms with Gasteiger partial charge in [0.25, 0.3) is 0 Å². The van der Waals surface area contributed by atoms with Crippen LogP contribution in [0.1, 0.15) is 17.7 Å². The number of carbonyl (C=O) groups is 1. The molecule has 1 saturated heterocycles. The molecule has 0 saturated carbocycles. The van der Waals surface area contributed by atoms with E-state index in [1.165, 1.54) is 16.6 Å². The number of benzene rings is 1. The molecule has 5 rings (SSSR count). The van der Waals surface area contributed by atoms with E-state index in [0.29, 0.717) is 16.3 Å². The van der Waals surface area contributed by atoms with Gasteiger partial charge in [0.2, 0.25) is 10.0 Å². The van der Waals surface area contributed by atoms with Crippen molar-refractivity contribution in [2.45, 2.75) is 25.8 Å². The Morgan fingerprint density at radius 3 is 2.69 bits per heavy atom. The molecular formula is C23H25FN6O4S. The van der Waals surface area contributed by atoms with E-state index in [2.05, 4.69) is 15.3 Å². The molecule has 3 aromatic rings. The summed E-state index contributed by atoms with van der Waals surface area (Å²) in [5, 5.41) is 14.0. The number of hydrogen-bond donors (Lipinski definition) is 3. The lowest BCUT2D eigenvalue weighted by Crippen LogP contribution is -2.62. The highest BCUT2D eigenvalue weighted by Crippen LogP contribution is 2.38. The lowest BCUT2D eigenvalue weighted by atomic mass is 9.95. The van der Waals surface area contributed by atoms with Crippen molar-refractivity contribution in [3.05, 3.63) is 41.6 Å². The molecular weight excluding hydrogens is 475 g/mol. The minimum atomic E-state index is -3.41. The number of pyridine rings is 2. The smallest absolute Gasteiger partial charge is 0.413 e. The second-order valence-electron chi connectivity index (χ2n) is 8.95. The highest BCUT2D eigenvalue weighted by Gasteiger charge is 2.40. The van der Waals surface area contributed by atoms with Crippen LogP contribution >= 0.6 is 0 Å². The number of aryl methyl sites for hydroxylation is 1. The lowest BCUT2D eigenvalue weighted by molar-refractivity contribution is 0.184. The number of amides is 1. The van der Waals surface area contributed by atoms with Gasteiger partial charge in [-0.15, -0.1) is 0 Å². The van der Waals surface area contributed by atoms with E-state index in [9.17, 15) is 18.3 Å². The van der Waals surface area contributed by atoms with Gasteiger partial charge in [-0.05, 0) is 42.8 Å². The molecule has 1 amide bonds. The normalized spacial score (nSPS) is 16.4. The van der Waals surface area contributed by atoms with Crippen LogP contribution in [0.25, 0.3) is 21.9 Å². The second kappa shape index (κ2) is 8.31. The Labute approximate surface area is 201 Å². The minimum Gasteiger partial charge on any atom is -0.465 e. The zero-order valence-corrected chi connectivity index (χ0v) is 20.1. The van der Waals surface area contributed by atoms with Crippen molar-refractivity contribution in [2.24, 2.45) is 0 Å². The first-order valence-corrected chi connectivity index (χ1v) is 13.0. The van der Waals surface area contributed by atoms with Crippen molar-refractivity contribution in [2.75, 3.05) is 41.8 Å². The fourth-order valence-corrected chi connectivity index (χ4v) is 5.61. The van der Waals surface area contributed by atoms with E-state index in [1.54, 1.807) is 12.3 Å². The van der Waals surface area contributed by atoms with Gasteiger partial charge < -0.3 is 16.2 Å². The maximum Gasteiger partial charge on any atom is 0.413 e. The van der Waals surface area contributed by atoms with Gasteiger partial charge in [-0.25, -0.2) is 22.6 Å². The number of anilines is 3. The number of hydrogen-bond acceptors (Lipinski definition) is 7. The Morgan fingerprint density at radius 1 is 1.26 bits per heavy atom. The van der Waals surface area contributed by atoms with Crippen LogP contribution in [0.4, 0.5) is 26.4 Å². The molecule has 12 heteroatoms. The number of fused-ring (bicyclic) bond motifs is 2. The first-order valence-electron chi connectivity index (χ1n) is 11.1. The standard InChI is InChI=1S/C23H25FN6O4S/c1-12-16(8-27-18-4-3-5-26-22(12)18)15-6-13-7-19(28-9-17(13)21(25)20(15)24)30(23(31)32)14-10-29(11-14)35(2,33)34/h6-9,14,26H,3-5,10-11,25H2,1-2H3,(H,31,32). The van der Waals surface area contributed by atoms with Gasteiger partial charge in [-0.1, -0.05) is 0 Å². The van der Waals surface area contributed by atoms with Crippen LogP contribution in [0, 0.1) is 12.7 Å². The number of nitrogens with one attached hydrogen (secondary N) is 1. The minimum absolute atomic E-state index is 0.0364. The van der Waals surface area contributed by atoms with Crippen LogP contribution in [0.3, 0.4) is 0 Å². The molecule has 0 bridgehead atoms. The highest BCUT2D eigenvalue weighted by molar-refractivity contribution is 7.88. The second-order valence-corrected chi connectivity index (χ2v) is 10.9. The summed E-state index contributed by atoms with van der Waals surface area (Å²) in [6, 6.07) is 2.57. The number of sulfonamides is 1. The van der Waals surface area contributed by atoms with E-state index < -0.39 is 28.0 Å². The van der Waals surface area contributed by atoms with Gasteiger partial charge in [0.1, 0.15) is 5.82 Å². The Balaban J connectivity index is 1.58. The number of carboxylic acid groups (broad SMARTS) is 1. The van der Waals surface area contributed by atoms with Gasteiger partial charge in [0, 0.05) is 48.5 Å². The molecule has 2 aromatic heterocycles. The number of nitrogens with zero attached hydrogens (tertiary/aromatic N) is 4. The molecule has 0 unspecified atom stereocenters. The van der Waals surface area contributed by atoms with Crippen LogP contribution in [-0.2, 0) is 16.4 Å². The Bertz CT molecular complexity index is 1470. The number of rotatable bonds is 4. The van der Waals surface area contributed by atoms with Gasteiger partial charge in [-0.2, -0.15) is 4.31 Å². The summed E-state index contributed by atoms with van der Waals surface area (Å²) in [5.74, 6) is -0.479. The summed E-state index contributed by atoms with van der Waals surface area (Å²) in [6.45, 7) is 2.80. The summed E-state index contributed by atoms with van der Waals surface area (Å²) in [7, 11) is -3.41. The summed E-state index contributed by atoms with van der Waals surface area (Å²) in [5.41, 5.74) is 9.62. The monoisotopic (exact) mass is 500 g/mol. The summed E-state index contributed by atoms with van der Waals surface area (Å²) in [6.07, 6.45) is 4.64. The predicted octanol–water partition coefficient (Wildman–Crippen LogP) is 2.81. The first-order chi connectivity index (χ1) is 16.6. The van der Waals surface area contributed by atoms with Crippen LogP contribution in [0.15, 0.2) is 24.5 Å². The van der Waals surface area contributed by atoms with Crippen molar-refractivity contribution in [1.29, 1.82) is 0 Å².